The monoisotopic (exact) mass is 512 g/mol. The van der Waals surface area contributed by atoms with Crippen LogP contribution >= 0.6 is 11.6 Å². The molecule has 3 aromatic rings. The third-order valence-corrected chi connectivity index (χ3v) is 7.69. The number of sulfonamides is 1. The largest absolute Gasteiger partial charge is 0.416 e. The molecule has 4 rings (SSSR count). The molecule has 1 aliphatic heterocycles. The molecule has 0 radical (unpaired) electrons. The Morgan fingerprint density at radius 2 is 1.85 bits per heavy atom. The number of imidazole rings is 1. The van der Waals surface area contributed by atoms with Crippen LogP contribution in [0.5, 0.6) is 0 Å². The van der Waals surface area contributed by atoms with Crippen LogP contribution in [0.25, 0.3) is 0 Å². The molecule has 1 fully saturated rings. The number of nitrogens with one attached hydrogen (secondary N) is 1. The van der Waals surface area contributed by atoms with Crippen LogP contribution in [0.3, 0.4) is 0 Å². The van der Waals surface area contributed by atoms with Gasteiger partial charge < -0.3 is 9.88 Å². The van der Waals surface area contributed by atoms with Crippen molar-refractivity contribution in [2.45, 2.75) is 23.2 Å². The molecule has 12 heteroatoms. The average Bonchev–Trinajstić information content (AvgIpc) is 3.41. The number of carbonyl (C=O) groups excluding carboxylic acids is 1. The maximum atomic E-state index is 13.1. The quantitative estimate of drug-likeness (QED) is 0.565. The molecular formula is C22H20ClF3N4O3S. The summed E-state index contributed by atoms with van der Waals surface area (Å²) in [6, 6.07) is 10.9. The molecule has 2 aromatic carbocycles. The van der Waals surface area contributed by atoms with Crippen LogP contribution in [0.1, 0.15) is 27.4 Å². The number of halogens is 4. The molecule has 0 aliphatic carbocycles. The van der Waals surface area contributed by atoms with Gasteiger partial charge in [0, 0.05) is 32.3 Å². The first-order valence-electron chi connectivity index (χ1n) is 10.2. The minimum absolute atomic E-state index is 0.0392. The molecule has 2 atom stereocenters. The van der Waals surface area contributed by atoms with E-state index in [0.29, 0.717) is 6.07 Å². The van der Waals surface area contributed by atoms with Gasteiger partial charge in [0.15, 0.2) is 5.03 Å². The molecule has 1 amide bonds. The van der Waals surface area contributed by atoms with Crippen LogP contribution in [0.15, 0.2) is 66.1 Å². The molecular weight excluding hydrogens is 493 g/mol. The smallest absolute Gasteiger partial charge is 0.347 e. The highest BCUT2D eigenvalue weighted by molar-refractivity contribution is 7.89. The number of amides is 1. The molecule has 2 heterocycles. The van der Waals surface area contributed by atoms with E-state index >= 15 is 0 Å². The second kappa shape index (κ2) is 9.05. The normalized spacial score (nSPS) is 19.3. The fraction of sp³-hybridized carbons (Fsp3) is 0.273. The van der Waals surface area contributed by atoms with E-state index < -0.39 is 39.6 Å². The van der Waals surface area contributed by atoms with Crippen molar-refractivity contribution in [1.29, 1.82) is 0 Å². The summed E-state index contributed by atoms with van der Waals surface area (Å²) in [5, 5.41) is 2.31. The highest BCUT2D eigenvalue weighted by Crippen LogP contribution is 2.34. The van der Waals surface area contributed by atoms with Gasteiger partial charge in [0.05, 0.1) is 28.5 Å². The molecule has 1 aromatic heterocycles. The lowest BCUT2D eigenvalue weighted by Gasteiger charge is -2.20. The van der Waals surface area contributed by atoms with Crippen molar-refractivity contribution < 1.29 is 26.4 Å². The molecule has 0 saturated carbocycles. The Balaban J connectivity index is 1.62. The standard InChI is InChI=1S/C22H20ClF3N4O3S/c1-29-12-20(27-13-29)34(32,33)30-10-17(14-5-3-2-4-6-14)19(11-30)28-21(31)16-8-7-15(9-18(16)23)22(24,25)26/h2-9,12-13,17,19H,10-11H2,1H3,(H,28,31). The van der Waals surface area contributed by atoms with Crippen LogP contribution in [0, 0.1) is 0 Å². The first-order chi connectivity index (χ1) is 16.0. The molecule has 1 saturated heterocycles. The SMILES string of the molecule is Cn1cnc(S(=O)(=O)N2CC(NC(=O)c3ccc(C(F)(F)F)cc3Cl)C(c3ccccc3)C2)c1. The van der Waals surface area contributed by atoms with E-state index in [2.05, 4.69) is 10.3 Å². The van der Waals surface area contributed by atoms with Gasteiger partial charge in [-0.05, 0) is 23.8 Å². The van der Waals surface area contributed by atoms with Gasteiger partial charge in [-0.15, -0.1) is 0 Å². The summed E-state index contributed by atoms with van der Waals surface area (Å²) in [5.41, 5.74) is -0.290. The van der Waals surface area contributed by atoms with Crippen molar-refractivity contribution in [3.8, 4) is 0 Å². The molecule has 34 heavy (non-hydrogen) atoms. The van der Waals surface area contributed by atoms with Gasteiger partial charge in [-0.25, -0.2) is 13.4 Å². The number of aromatic nitrogens is 2. The van der Waals surface area contributed by atoms with E-state index in [-0.39, 0.29) is 28.7 Å². The molecule has 1 aliphatic rings. The Labute approximate surface area is 199 Å². The molecule has 180 valence electrons. The Kier molecular flexibility index (Phi) is 6.45. The number of hydrogen-bond acceptors (Lipinski definition) is 4. The van der Waals surface area contributed by atoms with Crippen molar-refractivity contribution in [3.63, 3.8) is 0 Å². The molecule has 1 N–H and O–H groups in total. The minimum atomic E-state index is -4.59. The number of rotatable bonds is 5. The predicted molar refractivity (Wildman–Crippen MR) is 119 cm³/mol. The minimum Gasteiger partial charge on any atom is -0.347 e. The predicted octanol–water partition coefficient (Wildman–Crippen LogP) is 3.68. The fourth-order valence-electron chi connectivity index (χ4n) is 3.92. The Bertz CT molecular complexity index is 1310. The number of aryl methyl sites for hydroxylation is 1. The van der Waals surface area contributed by atoms with Gasteiger partial charge in [0.1, 0.15) is 0 Å². The topological polar surface area (TPSA) is 84.3 Å². The first kappa shape index (κ1) is 24.2. The Morgan fingerprint density at radius 1 is 1.15 bits per heavy atom. The lowest BCUT2D eigenvalue weighted by Crippen LogP contribution is -2.40. The molecule has 0 bridgehead atoms. The summed E-state index contributed by atoms with van der Waals surface area (Å²) in [6.07, 6.45) is -1.83. The number of benzene rings is 2. The van der Waals surface area contributed by atoms with Gasteiger partial charge in [-0.3, -0.25) is 4.79 Å². The second-order valence-electron chi connectivity index (χ2n) is 7.99. The van der Waals surface area contributed by atoms with Crippen LogP contribution < -0.4 is 5.32 Å². The van der Waals surface area contributed by atoms with Gasteiger partial charge in [0.25, 0.3) is 15.9 Å². The van der Waals surface area contributed by atoms with Gasteiger partial charge in [-0.1, -0.05) is 41.9 Å². The summed E-state index contributed by atoms with van der Waals surface area (Å²) in [5.74, 6) is -1.08. The van der Waals surface area contributed by atoms with Crippen molar-refractivity contribution in [1.82, 2.24) is 19.2 Å². The number of carbonyl (C=O) groups is 1. The van der Waals surface area contributed by atoms with E-state index in [4.69, 9.17) is 11.6 Å². The Morgan fingerprint density at radius 3 is 2.44 bits per heavy atom. The third kappa shape index (κ3) is 4.82. The van der Waals surface area contributed by atoms with E-state index in [9.17, 15) is 26.4 Å². The maximum Gasteiger partial charge on any atom is 0.416 e. The summed E-state index contributed by atoms with van der Waals surface area (Å²) >= 11 is 5.98. The van der Waals surface area contributed by atoms with Crippen LogP contribution in [0.4, 0.5) is 13.2 Å². The van der Waals surface area contributed by atoms with Crippen molar-refractivity contribution in [2.24, 2.45) is 7.05 Å². The van der Waals surface area contributed by atoms with E-state index in [0.717, 1.165) is 17.7 Å². The zero-order valence-corrected chi connectivity index (χ0v) is 19.4. The van der Waals surface area contributed by atoms with Gasteiger partial charge in [0.2, 0.25) is 0 Å². The second-order valence-corrected chi connectivity index (χ2v) is 10.3. The molecule has 2 unspecified atom stereocenters. The summed E-state index contributed by atoms with van der Waals surface area (Å²) in [6.45, 7) is 0.0527. The molecule has 0 spiro atoms. The van der Waals surface area contributed by atoms with Crippen molar-refractivity contribution in [2.75, 3.05) is 13.1 Å². The highest BCUT2D eigenvalue weighted by atomic mass is 35.5. The number of nitrogens with zero attached hydrogens (tertiary/aromatic N) is 3. The highest BCUT2D eigenvalue weighted by Gasteiger charge is 2.42. The van der Waals surface area contributed by atoms with Crippen molar-refractivity contribution >= 4 is 27.5 Å². The van der Waals surface area contributed by atoms with Crippen LogP contribution in [-0.4, -0.2) is 47.3 Å². The van der Waals surface area contributed by atoms with E-state index in [1.54, 1.807) is 19.2 Å². The van der Waals surface area contributed by atoms with E-state index in [1.165, 1.54) is 21.4 Å². The lowest BCUT2D eigenvalue weighted by atomic mass is 9.94. The first-order valence-corrected chi connectivity index (χ1v) is 12.0. The summed E-state index contributed by atoms with van der Waals surface area (Å²) in [7, 11) is -2.27. The third-order valence-electron chi connectivity index (χ3n) is 5.66. The summed E-state index contributed by atoms with van der Waals surface area (Å²) in [4.78, 5) is 16.9. The Hall–Kier alpha value is -2.89. The number of alkyl halides is 3. The van der Waals surface area contributed by atoms with E-state index in [1.807, 2.05) is 18.2 Å². The fourth-order valence-corrected chi connectivity index (χ4v) is 5.65. The van der Waals surface area contributed by atoms with Crippen molar-refractivity contribution in [3.05, 3.63) is 82.8 Å². The van der Waals surface area contributed by atoms with Gasteiger partial charge in [-0.2, -0.15) is 17.5 Å². The van der Waals surface area contributed by atoms with Crippen LogP contribution in [0.2, 0.25) is 5.02 Å². The zero-order valence-electron chi connectivity index (χ0n) is 17.8. The van der Waals surface area contributed by atoms with Gasteiger partial charge >= 0.3 is 6.18 Å². The number of hydrogen-bond donors (Lipinski definition) is 1. The average molecular weight is 513 g/mol. The maximum absolute atomic E-state index is 13.1. The lowest BCUT2D eigenvalue weighted by molar-refractivity contribution is -0.137. The molecule has 7 nitrogen and oxygen atoms in total. The van der Waals surface area contributed by atoms with Crippen LogP contribution in [-0.2, 0) is 23.2 Å². The zero-order chi connectivity index (χ0) is 24.7. The summed E-state index contributed by atoms with van der Waals surface area (Å²) < 4.78 is 67.8.